The molecule has 0 aromatic heterocycles. The molecule has 1 N–H and O–H groups in total. The van der Waals surface area contributed by atoms with Gasteiger partial charge in [0.25, 0.3) is 0 Å². The van der Waals surface area contributed by atoms with Crippen molar-refractivity contribution < 1.29 is 9.59 Å². The lowest BCUT2D eigenvalue weighted by Gasteiger charge is -2.34. The highest BCUT2D eigenvalue weighted by Gasteiger charge is 2.29. The van der Waals surface area contributed by atoms with Crippen molar-refractivity contribution in [1.29, 1.82) is 0 Å². The first-order chi connectivity index (χ1) is 12.7. The molecule has 0 aliphatic carbocycles. The largest absolute Gasteiger partial charge is 0.343 e. The molecule has 26 heavy (non-hydrogen) atoms. The van der Waals surface area contributed by atoms with Gasteiger partial charge in [0.1, 0.15) is 6.04 Å². The van der Waals surface area contributed by atoms with E-state index in [-0.39, 0.29) is 17.9 Å². The number of carbonyl (C=O) groups is 2. The third kappa shape index (κ3) is 5.95. The first kappa shape index (κ1) is 19.6. The Bertz CT molecular complexity index is 589. The predicted molar refractivity (Wildman–Crippen MR) is 110 cm³/mol. The van der Waals surface area contributed by atoms with Crippen LogP contribution in [0, 0.1) is 5.92 Å². The van der Waals surface area contributed by atoms with Crippen molar-refractivity contribution in [3.8, 4) is 0 Å². The molecule has 0 saturated carbocycles. The van der Waals surface area contributed by atoms with E-state index < -0.39 is 0 Å². The molecule has 1 aromatic carbocycles. The van der Waals surface area contributed by atoms with Crippen LogP contribution in [-0.4, -0.2) is 47.4 Å². The van der Waals surface area contributed by atoms with E-state index in [1.807, 2.05) is 15.7 Å². The molecule has 0 spiro atoms. The van der Waals surface area contributed by atoms with Gasteiger partial charge in [-0.2, -0.15) is 0 Å². The summed E-state index contributed by atoms with van der Waals surface area (Å²) in [7, 11) is 3.53. The maximum Gasteiger partial charge on any atom is 0.246 e. The van der Waals surface area contributed by atoms with E-state index in [0.29, 0.717) is 18.1 Å². The Balaban J connectivity index is 1.50. The van der Waals surface area contributed by atoms with Gasteiger partial charge in [-0.3, -0.25) is 9.59 Å². The fourth-order valence-corrected chi connectivity index (χ4v) is 5.89. The van der Waals surface area contributed by atoms with Crippen molar-refractivity contribution in [3.63, 3.8) is 0 Å². The van der Waals surface area contributed by atoms with Crippen molar-refractivity contribution in [3.05, 3.63) is 35.9 Å². The van der Waals surface area contributed by atoms with Gasteiger partial charge in [-0.05, 0) is 43.6 Å². The second kappa shape index (κ2) is 10.3. The molecule has 2 aliphatic rings. The number of rotatable bonds is 3. The van der Waals surface area contributed by atoms with Gasteiger partial charge in [0.05, 0.1) is 0 Å². The zero-order chi connectivity index (χ0) is 18.2. The minimum atomic E-state index is -0.372. The molecule has 4 nitrogen and oxygen atoms in total. The highest BCUT2D eigenvalue weighted by Crippen LogP contribution is 2.26. The molecular formula is C20H28N2O2S2. The molecule has 2 amide bonds. The van der Waals surface area contributed by atoms with Gasteiger partial charge in [-0.1, -0.05) is 51.9 Å². The van der Waals surface area contributed by atoms with E-state index in [1.165, 1.54) is 5.56 Å². The molecule has 2 fully saturated rings. The zero-order valence-electron chi connectivity index (χ0n) is 15.2. The SMILES string of the molecule is O=C1CCCCSSC[C@@H](C(=O)N2CCC(Cc3ccccc3)CC2)N1. The molecule has 142 valence electrons. The third-order valence-corrected chi connectivity index (χ3v) is 7.63. The van der Waals surface area contributed by atoms with Crippen LogP contribution >= 0.6 is 21.6 Å². The van der Waals surface area contributed by atoms with Gasteiger partial charge in [0.2, 0.25) is 11.8 Å². The number of amides is 2. The van der Waals surface area contributed by atoms with Crippen molar-refractivity contribution >= 4 is 33.4 Å². The first-order valence-electron chi connectivity index (χ1n) is 9.59. The molecule has 2 saturated heterocycles. The molecule has 2 aliphatic heterocycles. The van der Waals surface area contributed by atoms with Crippen LogP contribution in [0.1, 0.15) is 37.7 Å². The van der Waals surface area contributed by atoms with Crippen molar-refractivity contribution in [2.75, 3.05) is 24.6 Å². The maximum absolute atomic E-state index is 12.9. The van der Waals surface area contributed by atoms with Gasteiger partial charge >= 0.3 is 0 Å². The van der Waals surface area contributed by atoms with Crippen molar-refractivity contribution in [2.45, 2.75) is 44.6 Å². The summed E-state index contributed by atoms with van der Waals surface area (Å²) in [6, 6.07) is 10.2. The molecule has 1 aromatic rings. The monoisotopic (exact) mass is 392 g/mol. The fourth-order valence-electron chi connectivity index (χ4n) is 3.59. The van der Waals surface area contributed by atoms with Gasteiger partial charge < -0.3 is 10.2 Å². The Kier molecular flexibility index (Phi) is 7.74. The molecule has 2 heterocycles. The summed E-state index contributed by atoms with van der Waals surface area (Å²) >= 11 is 0. The first-order valence-corrected chi connectivity index (χ1v) is 12.1. The van der Waals surface area contributed by atoms with Gasteiger partial charge in [-0.25, -0.2) is 0 Å². The summed E-state index contributed by atoms with van der Waals surface area (Å²) in [6.07, 6.45) is 5.69. The molecule has 1 atom stereocenters. The Morgan fingerprint density at radius 2 is 1.88 bits per heavy atom. The number of benzene rings is 1. The number of hydrogen-bond donors (Lipinski definition) is 1. The second-order valence-electron chi connectivity index (χ2n) is 7.14. The average Bonchev–Trinajstić information content (AvgIpc) is 2.67. The van der Waals surface area contributed by atoms with Crippen LogP contribution in [0.3, 0.4) is 0 Å². The van der Waals surface area contributed by atoms with E-state index in [4.69, 9.17) is 0 Å². The summed E-state index contributed by atoms with van der Waals surface area (Å²) in [5, 5.41) is 2.97. The number of likely N-dealkylation sites (tertiary alicyclic amines) is 1. The van der Waals surface area contributed by atoms with Crippen LogP contribution < -0.4 is 5.32 Å². The highest BCUT2D eigenvalue weighted by molar-refractivity contribution is 8.76. The van der Waals surface area contributed by atoms with Gasteiger partial charge in [-0.15, -0.1) is 0 Å². The molecule has 0 unspecified atom stereocenters. The molecular weight excluding hydrogens is 364 g/mol. The average molecular weight is 393 g/mol. The Hall–Kier alpha value is -1.14. The molecule has 3 rings (SSSR count). The number of nitrogens with zero attached hydrogens (tertiary/aromatic N) is 1. The predicted octanol–water partition coefficient (Wildman–Crippen LogP) is 3.52. The van der Waals surface area contributed by atoms with Crippen LogP contribution in [0.2, 0.25) is 0 Å². The smallest absolute Gasteiger partial charge is 0.246 e. The lowest BCUT2D eigenvalue weighted by Crippen LogP contribution is -2.52. The van der Waals surface area contributed by atoms with Gasteiger partial charge in [0.15, 0.2) is 0 Å². The quantitative estimate of drug-likeness (QED) is 0.800. The zero-order valence-corrected chi connectivity index (χ0v) is 16.8. The minimum Gasteiger partial charge on any atom is -0.343 e. The number of nitrogens with one attached hydrogen (secondary N) is 1. The normalized spacial score (nSPS) is 23.3. The van der Waals surface area contributed by atoms with Crippen LogP contribution in [0.15, 0.2) is 30.3 Å². The summed E-state index contributed by atoms with van der Waals surface area (Å²) in [5.74, 6) is 2.49. The summed E-state index contributed by atoms with van der Waals surface area (Å²) in [6.45, 7) is 1.61. The maximum atomic E-state index is 12.9. The minimum absolute atomic E-state index is 0.0230. The summed E-state index contributed by atoms with van der Waals surface area (Å²) in [4.78, 5) is 26.9. The topological polar surface area (TPSA) is 49.4 Å². The lowest BCUT2D eigenvalue weighted by atomic mass is 9.90. The molecule has 0 bridgehead atoms. The molecule has 0 radical (unpaired) electrons. The van der Waals surface area contributed by atoms with E-state index >= 15 is 0 Å². The third-order valence-electron chi connectivity index (χ3n) is 5.13. The Morgan fingerprint density at radius 1 is 1.12 bits per heavy atom. The van der Waals surface area contributed by atoms with Crippen LogP contribution in [-0.2, 0) is 16.0 Å². The summed E-state index contributed by atoms with van der Waals surface area (Å²) in [5.41, 5.74) is 1.38. The molecule has 6 heteroatoms. The second-order valence-corrected chi connectivity index (χ2v) is 9.77. The van der Waals surface area contributed by atoms with E-state index in [2.05, 4.69) is 35.6 Å². The summed E-state index contributed by atoms with van der Waals surface area (Å²) < 4.78 is 0. The highest BCUT2D eigenvalue weighted by atomic mass is 33.1. The van der Waals surface area contributed by atoms with E-state index in [1.54, 1.807) is 10.8 Å². The van der Waals surface area contributed by atoms with E-state index in [9.17, 15) is 9.59 Å². The van der Waals surface area contributed by atoms with Crippen LogP contribution in [0.4, 0.5) is 0 Å². The van der Waals surface area contributed by atoms with E-state index in [0.717, 1.165) is 50.9 Å². The van der Waals surface area contributed by atoms with Crippen LogP contribution in [0.5, 0.6) is 0 Å². The number of hydrogen-bond acceptors (Lipinski definition) is 4. The van der Waals surface area contributed by atoms with Crippen LogP contribution in [0.25, 0.3) is 0 Å². The van der Waals surface area contributed by atoms with Crippen molar-refractivity contribution in [2.24, 2.45) is 5.92 Å². The number of piperidine rings is 1. The lowest BCUT2D eigenvalue weighted by molar-refractivity contribution is -0.137. The van der Waals surface area contributed by atoms with Crippen molar-refractivity contribution in [1.82, 2.24) is 10.2 Å². The fraction of sp³-hybridized carbons (Fsp3) is 0.600. The standard InChI is InChI=1S/C20H28N2O2S2/c23-19-8-4-5-13-25-26-15-18(21-19)20(24)22-11-9-17(10-12-22)14-16-6-2-1-3-7-16/h1-3,6-7,17-18H,4-5,8-15H2,(H,21,23)/t18-/m0/s1. The number of carbonyl (C=O) groups excluding carboxylic acids is 2. The van der Waals surface area contributed by atoms with Gasteiger partial charge in [0, 0.05) is 31.0 Å². The Labute approximate surface area is 164 Å². The Morgan fingerprint density at radius 3 is 2.65 bits per heavy atom.